The molecule has 1 N–H and O–H groups in total. The maximum absolute atomic E-state index is 4.43. The van der Waals surface area contributed by atoms with Crippen molar-refractivity contribution in [2.45, 2.75) is 25.6 Å². The summed E-state index contributed by atoms with van der Waals surface area (Å²) < 4.78 is 1.97. The average molecular weight is 504 g/mol. The lowest BCUT2D eigenvalue weighted by Crippen LogP contribution is -2.48. The molecular formula is C31H33N7. The molecule has 1 aliphatic heterocycles. The van der Waals surface area contributed by atoms with Gasteiger partial charge in [-0.15, -0.1) is 5.10 Å². The Kier molecular flexibility index (Phi) is 7.37. The van der Waals surface area contributed by atoms with Crippen LogP contribution >= 0.6 is 0 Å². The van der Waals surface area contributed by atoms with E-state index in [4.69, 9.17) is 0 Å². The second-order valence-corrected chi connectivity index (χ2v) is 9.90. The quantitative estimate of drug-likeness (QED) is 0.308. The molecule has 192 valence electrons. The molecule has 0 bridgehead atoms. The number of fused-ring (bicyclic) bond motifs is 1. The standard InChI is InChI=1S/C31H33N7/c1-3-10-25(11-4-1)12-9-18-36-20-21-37(30(23-36)26-13-5-2-6-14-26)24-31-33-34-35-38(31)19-17-27-22-32-29-16-8-7-15-28(27)29/h1-16,22,30,32H,17-21,23-24H2. The lowest BCUT2D eigenvalue weighted by Gasteiger charge is -2.41. The zero-order valence-electron chi connectivity index (χ0n) is 21.5. The van der Waals surface area contributed by atoms with Crippen molar-refractivity contribution in [3.63, 3.8) is 0 Å². The van der Waals surface area contributed by atoms with Gasteiger partial charge in [-0.05, 0) is 39.6 Å². The maximum Gasteiger partial charge on any atom is 0.165 e. The first-order chi connectivity index (χ1) is 18.8. The van der Waals surface area contributed by atoms with Crippen molar-refractivity contribution in [2.75, 3.05) is 26.2 Å². The summed E-state index contributed by atoms with van der Waals surface area (Å²) in [7, 11) is 0. The highest BCUT2D eigenvalue weighted by molar-refractivity contribution is 5.83. The van der Waals surface area contributed by atoms with Crippen LogP contribution in [0.3, 0.4) is 0 Å². The van der Waals surface area contributed by atoms with E-state index in [1.54, 1.807) is 0 Å². The Bertz CT molecular complexity index is 1470. The molecule has 7 nitrogen and oxygen atoms in total. The van der Waals surface area contributed by atoms with Crippen molar-refractivity contribution in [3.05, 3.63) is 120 Å². The van der Waals surface area contributed by atoms with Gasteiger partial charge in [0.1, 0.15) is 0 Å². The maximum atomic E-state index is 4.43. The molecule has 0 spiro atoms. The summed E-state index contributed by atoms with van der Waals surface area (Å²) in [6.07, 6.45) is 7.47. The first kappa shape index (κ1) is 24.3. The molecule has 0 saturated carbocycles. The highest BCUT2D eigenvalue weighted by atomic mass is 15.5. The van der Waals surface area contributed by atoms with Gasteiger partial charge in [0.05, 0.1) is 6.54 Å². The number of hydrogen-bond donors (Lipinski definition) is 1. The number of piperazine rings is 1. The van der Waals surface area contributed by atoms with Gasteiger partial charge in [0.15, 0.2) is 5.82 Å². The van der Waals surface area contributed by atoms with E-state index in [1.807, 2.05) is 4.68 Å². The lowest BCUT2D eigenvalue weighted by molar-refractivity contribution is 0.0716. The fraction of sp³-hybridized carbons (Fsp3) is 0.258. The number of aromatic amines is 1. The van der Waals surface area contributed by atoms with Gasteiger partial charge in [-0.2, -0.15) is 0 Å². The second kappa shape index (κ2) is 11.5. The number of nitrogens with one attached hydrogen (secondary N) is 1. The molecule has 0 radical (unpaired) electrons. The predicted molar refractivity (Wildman–Crippen MR) is 151 cm³/mol. The van der Waals surface area contributed by atoms with Crippen molar-refractivity contribution < 1.29 is 0 Å². The van der Waals surface area contributed by atoms with Gasteiger partial charge in [-0.3, -0.25) is 9.80 Å². The van der Waals surface area contributed by atoms with Crippen molar-refractivity contribution >= 4 is 17.0 Å². The fourth-order valence-corrected chi connectivity index (χ4v) is 5.38. The molecule has 0 amide bonds. The highest BCUT2D eigenvalue weighted by Gasteiger charge is 2.29. The summed E-state index contributed by atoms with van der Waals surface area (Å²) >= 11 is 0. The Labute approximate surface area is 223 Å². The zero-order chi connectivity index (χ0) is 25.6. The van der Waals surface area contributed by atoms with E-state index in [9.17, 15) is 0 Å². The first-order valence-corrected chi connectivity index (χ1v) is 13.4. The van der Waals surface area contributed by atoms with Gasteiger partial charge >= 0.3 is 0 Å². The van der Waals surface area contributed by atoms with E-state index in [0.29, 0.717) is 0 Å². The van der Waals surface area contributed by atoms with Crippen LogP contribution < -0.4 is 0 Å². The monoisotopic (exact) mass is 503 g/mol. The molecule has 1 unspecified atom stereocenters. The number of benzene rings is 3. The minimum atomic E-state index is 0.286. The Balaban J connectivity index is 1.14. The Hall–Kier alpha value is -4.07. The van der Waals surface area contributed by atoms with Crippen LogP contribution in [0.4, 0.5) is 0 Å². The summed E-state index contributed by atoms with van der Waals surface area (Å²) in [5.74, 6) is 0.920. The third-order valence-corrected chi connectivity index (χ3v) is 7.45. The van der Waals surface area contributed by atoms with Crippen LogP contribution in [0.2, 0.25) is 0 Å². The Morgan fingerprint density at radius 2 is 1.68 bits per heavy atom. The van der Waals surface area contributed by atoms with Gasteiger partial charge in [0, 0.05) is 55.9 Å². The normalized spacial score (nSPS) is 17.0. The van der Waals surface area contributed by atoms with Crippen molar-refractivity contribution in [1.82, 2.24) is 35.0 Å². The predicted octanol–water partition coefficient (Wildman–Crippen LogP) is 4.97. The molecule has 0 aliphatic carbocycles. The number of nitrogens with zero attached hydrogens (tertiary/aromatic N) is 6. The largest absolute Gasteiger partial charge is 0.361 e. The number of aryl methyl sites for hydroxylation is 2. The van der Waals surface area contributed by atoms with Gasteiger partial charge < -0.3 is 4.98 Å². The highest BCUT2D eigenvalue weighted by Crippen LogP contribution is 2.27. The van der Waals surface area contributed by atoms with Gasteiger partial charge in [-0.1, -0.05) is 91.0 Å². The molecular weight excluding hydrogens is 470 g/mol. The summed E-state index contributed by atoms with van der Waals surface area (Å²) in [5, 5.41) is 14.1. The van der Waals surface area contributed by atoms with Gasteiger partial charge in [-0.25, -0.2) is 4.68 Å². The topological polar surface area (TPSA) is 65.9 Å². The molecule has 2 aromatic heterocycles. The number of hydrogen-bond acceptors (Lipinski definition) is 5. The third kappa shape index (κ3) is 5.59. The van der Waals surface area contributed by atoms with E-state index in [0.717, 1.165) is 51.5 Å². The van der Waals surface area contributed by atoms with Crippen LogP contribution in [0.15, 0.2) is 97.2 Å². The van der Waals surface area contributed by atoms with Crippen LogP contribution in [0.25, 0.3) is 17.0 Å². The number of para-hydroxylation sites is 1. The molecule has 3 aromatic carbocycles. The number of tetrazole rings is 1. The summed E-state index contributed by atoms with van der Waals surface area (Å²) in [6.45, 7) is 5.38. The van der Waals surface area contributed by atoms with Crippen LogP contribution in [-0.2, 0) is 19.5 Å². The van der Waals surface area contributed by atoms with Crippen LogP contribution in [0.1, 0.15) is 28.6 Å². The van der Waals surface area contributed by atoms with E-state index < -0.39 is 0 Å². The minimum absolute atomic E-state index is 0.286. The zero-order valence-corrected chi connectivity index (χ0v) is 21.5. The molecule has 7 heteroatoms. The molecule has 38 heavy (non-hydrogen) atoms. The molecule has 1 fully saturated rings. The molecule has 5 aromatic rings. The van der Waals surface area contributed by atoms with Crippen LogP contribution in [-0.4, -0.2) is 61.2 Å². The molecule has 1 aliphatic rings. The molecule has 6 rings (SSSR count). The van der Waals surface area contributed by atoms with E-state index in [1.165, 1.54) is 27.6 Å². The third-order valence-electron chi connectivity index (χ3n) is 7.45. The van der Waals surface area contributed by atoms with E-state index in [-0.39, 0.29) is 6.04 Å². The van der Waals surface area contributed by atoms with Crippen LogP contribution in [0, 0.1) is 0 Å². The van der Waals surface area contributed by atoms with Crippen molar-refractivity contribution in [3.8, 4) is 0 Å². The Morgan fingerprint density at radius 1 is 0.895 bits per heavy atom. The SMILES string of the molecule is C(=Cc1ccccc1)CN1CCN(Cc2nnnn2CCc2c[nH]c3ccccc23)C(c2ccccc2)C1. The average Bonchev–Trinajstić information content (AvgIpc) is 3.60. The van der Waals surface area contributed by atoms with E-state index in [2.05, 4.69) is 134 Å². The van der Waals surface area contributed by atoms with Crippen LogP contribution in [0.5, 0.6) is 0 Å². The summed E-state index contributed by atoms with van der Waals surface area (Å²) in [5.41, 5.74) is 5.04. The minimum Gasteiger partial charge on any atom is -0.361 e. The van der Waals surface area contributed by atoms with Crippen molar-refractivity contribution in [1.29, 1.82) is 0 Å². The molecule has 1 saturated heterocycles. The summed E-state index contributed by atoms with van der Waals surface area (Å²) in [4.78, 5) is 8.44. The molecule has 3 heterocycles. The number of rotatable bonds is 9. The van der Waals surface area contributed by atoms with Gasteiger partial charge in [0.25, 0.3) is 0 Å². The first-order valence-electron chi connectivity index (χ1n) is 13.4. The Morgan fingerprint density at radius 3 is 2.55 bits per heavy atom. The second-order valence-electron chi connectivity index (χ2n) is 9.90. The number of H-pyrrole nitrogens is 1. The summed E-state index contributed by atoms with van der Waals surface area (Å²) in [6, 6.07) is 30.0. The smallest absolute Gasteiger partial charge is 0.165 e. The van der Waals surface area contributed by atoms with Gasteiger partial charge in [0.2, 0.25) is 0 Å². The fourth-order valence-electron chi connectivity index (χ4n) is 5.38. The van der Waals surface area contributed by atoms with E-state index >= 15 is 0 Å². The molecule has 1 atom stereocenters. The van der Waals surface area contributed by atoms with Crippen molar-refractivity contribution in [2.24, 2.45) is 0 Å². The number of aromatic nitrogens is 5. The lowest BCUT2D eigenvalue weighted by atomic mass is 10.0.